The lowest BCUT2D eigenvalue weighted by Crippen LogP contribution is -2.22. The number of aromatic nitrogens is 1. The van der Waals surface area contributed by atoms with Gasteiger partial charge in [0, 0.05) is 0 Å². The number of halogens is 2. The zero-order chi connectivity index (χ0) is 15.7. The maximum Gasteiger partial charge on any atom is 0.331 e. The van der Waals surface area contributed by atoms with Gasteiger partial charge in [0.15, 0.2) is 0 Å². The van der Waals surface area contributed by atoms with E-state index in [1.54, 1.807) is 42.5 Å². The molecule has 1 heterocycles. The highest BCUT2D eigenvalue weighted by molar-refractivity contribution is 7.16. The smallest absolute Gasteiger partial charge is 0.331 e. The number of hydrogen-bond acceptors (Lipinski definition) is 4. The van der Waals surface area contributed by atoms with Gasteiger partial charge in [0.25, 0.3) is 0 Å². The van der Waals surface area contributed by atoms with Crippen LogP contribution in [0, 0.1) is 0 Å². The fourth-order valence-electron chi connectivity index (χ4n) is 2.04. The number of ether oxygens (including phenoxy) is 1. The Kier molecular flexibility index (Phi) is 4.20. The van der Waals surface area contributed by atoms with Gasteiger partial charge in [-0.3, -0.25) is 9.36 Å². The van der Waals surface area contributed by atoms with Crippen molar-refractivity contribution in [3.63, 3.8) is 0 Å². The first-order valence-corrected chi connectivity index (χ1v) is 7.86. The van der Waals surface area contributed by atoms with Gasteiger partial charge in [0.2, 0.25) is 0 Å². The van der Waals surface area contributed by atoms with E-state index in [2.05, 4.69) is 0 Å². The highest BCUT2D eigenvalue weighted by Gasteiger charge is 2.15. The van der Waals surface area contributed by atoms with Crippen LogP contribution in [0.4, 0.5) is 0 Å². The van der Waals surface area contributed by atoms with Gasteiger partial charge in [0.1, 0.15) is 12.3 Å². The molecule has 2 aromatic carbocycles. The van der Waals surface area contributed by atoms with Crippen LogP contribution in [0.3, 0.4) is 0 Å². The molecule has 0 saturated heterocycles. The van der Waals surface area contributed by atoms with Gasteiger partial charge in [-0.2, -0.15) is 0 Å². The lowest BCUT2D eigenvalue weighted by atomic mass is 10.3. The molecule has 0 N–H and O–H groups in total. The van der Waals surface area contributed by atoms with Gasteiger partial charge in [-0.1, -0.05) is 52.7 Å². The molecule has 0 amide bonds. The topological polar surface area (TPSA) is 48.3 Å². The minimum atomic E-state index is -0.588. The van der Waals surface area contributed by atoms with Gasteiger partial charge < -0.3 is 4.74 Å². The first-order valence-electron chi connectivity index (χ1n) is 6.29. The summed E-state index contributed by atoms with van der Waals surface area (Å²) in [4.78, 5) is 23.8. The molecule has 3 rings (SSSR count). The van der Waals surface area contributed by atoms with Gasteiger partial charge in [-0.15, -0.1) is 0 Å². The van der Waals surface area contributed by atoms with Crippen molar-refractivity contribution >= 4 is 50.7 Å². The third-order valence-electron chi connectivity index (χ3n) is 2.98. The number of fused-ring (bicyclic) bond motifs is 1. The molecule has 0 fully saturated rings. The summed E-state index contributed by atoms with van der Waals surface area (Å²) < 4.78 is 7.23. The number of hydrogen-bond donors (Lipinski definition) is 0. The van der Waals surface area contributed by atoms with Crippen LogP contribution in [0.2, 0.25) is 10.0 Å². The predicted molar refractivity (Wildman–Crippen MR) is 88.2 cm³/mol. The van der Waals surface area contributed by atoms with Crippen LogP contribution in [0.25, 0.3) is 10.2 Å². The molecule has 0 spiro atoms. The molecule has 22 heavy (non-hydrogen) atoms. The van der Waals surface area contributed by atoms with Crippen LogP contribution in [0.1, 0.15) is 0 Å². The molecule has 0 unspecified atom stereocenters. The molecule has 0 aliphatic carbocycles. The summed E-state index contributed by atoms with van der Waals surface area (Å²) in [6.45, 7) is -0.228. The Labute approximate surface area is 139 Å². The van der Waals surface area contributed by atoms with E-state index < -0.39 is 5.97 Å². The Balaban J connectivity index is 1.91. The first-order chi connectivity index (χ1) is 10.6. The molecule has 0 aliphatic rings. The summed E-state index contributed by atoms with van der Waals surface area (Å²) in [5.41, 5.74) is 0.537. The molecule has 3 aromatic rings. The van der Waals surface area contributed by atoms with Gasteiger partial charge in [-0.25, -0.2) is 4.79 Å². The van der Waals surface area contributed by atoms with Crippen molar-refractivity contribution in [2.24, 2.45) is 0 Å². The van der Waals surface area contributed by atoms with Gasteiger partial charge in [-0.05, 0) is 24.3 Å². The molecule has 0 saturated carbocycles. The minimum Gasteiger partial charge on any atom is -0.424 e. The Morgan fingerprint density at radius 1 is 1.09 bits per heavy atom. The van der Waals surface area contributed by atoms with Gasteiger partial charge >= 0.3 is 10.8 Å². The second-order valence-electron chi connectivity index (χ2n) is 4.45. The van der Waals surface area contributed by atoms with Crippen LogP contribution in [0.15, 0.2) is 47.3 Å². The summed E-state index contributed by atoms with van der Waals surface area (Å²) in [6.07, 6.45) is 0. The number of esters is 1. The maximum absolute atomic E-state index is 12.1. The van der Waals surface area contributed by atoms with Crippen LogP contribution in [0.5, 0.6) is 5.75 Å². The van der Waals surface area contributed by atoms with E-state index in [0.29, 0.717) is 15.6 Å². The minimum absolute atomic E-state index is 0.228. The van der Waals surface area contributed by atoms with Crippen molar-refractivity contribution in [2.45, 2.75) is 6.54 Å². The lowest BCUT2D eigenvalue weighted by Gasteiger charge is -2.07. The number of para-hydroxylation sites is 2. The Morgan fingerprint density at radius 2 is 1.82 bits per heavy atom. The van der Waals surface area contributed by atoms with Crippen molar-refractivity contribution in [1.29, 1.82) is 0 Å². The number of rotatable bonds is 3. The number of carbonyl (C=O) groups excluding carboxylic acids is 1. The van der Waals surface area contributed by atoms with E-state index in [4.69, 9.17) is 27.9 Å². The first kappa shape index (κ1) is 15.1. The largest absolute Gasteiger partial charge is 0.424 e. The lowest BCUT2D eigenvalue weighted by molar-refractivity contribution is -0.135. The quantitative estimate of drug-likeness (QED) is 0.528. The molecule has 0 bridgehead atoms. The number of benzene rings is 2. The van der Waals surface area contributed by atoms with Crippen LogP contribution in [-0.4, -0.2) is 10.5 Å². The normalized spacial score (nSPS) is 10.8. The second-order valence-corrected chi connectivity index (χ2v) is 6.25. The summed E-state index contributed by atoms with van der Waals surface area (Å²) in [6, 6.07) is 11.9. The van der Waals surface area contributed by atoms with Crippen LogP contribution < -0.4 is 9.61 Å². The third kappa shape index (κ3) is 2.88. The van der Waals surface area contributed by atoms with E-state index in [-0.39, 0.29) is 17.2 Å². The average molecular weight is 354 g/mol. The Bertz CT molecular complexity index is 917. The molecule has 7 heteroatoms. The zero-order valence-electron chi connectivity index (χ0n) is 11.1. The van der Waals surface area contributed by atoms with E-state index in [0.717, 1.165) is 16.0 Å². The number of thiazole rings is 1. The second kappa shape index (κ2) is 6.12. The van der Waals surface area contributed by atoms with Gasteiger partial charge in [0.05, 0.1) is 20.3 Å². The van der Waals surface area contributed by atoms with Crippen molar-refractivity contribution in [3.8, 4) is 5.75 Å². The summed E-state index contributed by atoms with van der Waals surface area (Å²) in [5, 5.41) is 0.748. The molecular formula is C15H9Cl2NO3S. The SMILES string of the molecule is O=C(Cn1c(=O)sc2cccc(Cl)c21)Oc1ccccc1Cl. The molecule has 0 aliphatic heterocycles. The third-order valence-corrected chi connectivity index (χ3v) is 4.55. The highest BCUT2D eigenvalue weighted by atomic mass is 35.5. The molecule has 0 atom stereocenters. The summed E-state index contributed by atoms with van der Waals surface area (Å²) >= 11 is 13.1. The highest BCUT2D eigenvalue weighted by Crippen LogP contribution is 2.26. The van der Waals surface area contributed by atoms with E-state index in [1.165, 1.54) is 4.57 Å². The Morgan fingerprint density at radius 3 is 2.59 bits per heavy atom. The summed E-state index contributed by atoms with van der Waals surface area (Å²) in [7, 11) is 0. The van der Waals surface area contributed by atoms with Crippen molar-refractivity contribution in [2.75, 3.05) is 0 Å². The van der Waals surface area contributed by atoms with Crippen molar-refractivity contribution in [1.82, 2.24) is 4.57 Å². The van der Waals surface area contributed by atoms with E-state index in [1.807, 2.05) is 0 Å². The zero-order valence-corrected chi connectivity index (χ0v) is 13.4. The standard InChI is InChI=1S/C15H9Cl2NO3S/c16-9-4-1-2-6-11(9)21-13(19)8-18-14-10(17)5-3-7-12(14)22-15(18)20/h1-7H,8H2. The molecule has 4 nitrogen and oxygen atoms in total. The Hall–Kier alpha value is -1.82. The van der Waals surface area contributed by atoms with Crippen LogP contribution in [-0.2, 0) is 11.3 Å². The van der Waals surface area contributed by atoms with Crippen LogP contribution >= 0.6 is 34.5 Å². The maximum atomic E-state index is 12.1. The van der Waals surface area contributed by atoms with E-state index >= 15 is 0 Å². The van der Waals surface area contributed by atoms with E-state index in [9.17, 15) is 9.59 Å². The summed E-state index contributed by atoms with van der Waals surface area (Å²) in [5.74, 6) is -0.331. The average Bonchev–Trinajstić information content (AvgIpc) is 2.79. The fraction of sp³-hybridized carbons (Fsp3) is 0.0667. The monoisotopic (exact) mass is 353 g/mol. The van der Waals surface area contributed by atoms with Crippen molar-refractivity contribution < 1.29 is 9.53 Å². The predicted octanol–water partition coefficient (Wildman–Crippen LogP) is 3.98. The van der Waals surface area contributed by atoms with Crippen molar-refractivity contribution in [3.05, 3.63) is 62.2 Å². The molecule has 112 valence electrons. The molecule has 0 radical (unpaired) electrons. The molecule has 1 aromatic heterocycles. The number of nitrogens with zero attached hydrogens (tertiary/aromatic N) is 1. The fourth-order valence-corrected chi connectivity index (χ4v) is 3.46. The number of carbonyl (C=O) groups is 1. The molecular weight excluding hydrogens is 345 g/mol.